The number of sulfonamides is 1. The summed E-state index contributed by atoms with van der Waals surface area (Å²) in [6.07, 6.45) is 0.960. The van der Waals surface area contributed by atoms with Crippen molar-refractivity contribution in [3.8, 4) is 0 Å². The van der Waals surface area contributed by atoms with Gasteiger partial charge in [0.05, 0.1) is 4.90 Å². The van der Waals surface area contributed by atoms with Crippen molar-refractivity contribution in [3.05, 3.63) is 29.3 Å². The van der Waals surface area contributed by atoms with Crippen molar-refractivity contribution < 1.29 is 8.42 Å². The van der Waals surface area contributed by atoms with Crippen LogP contribution in [0.3, 0.4) is 0 Å². The molecular weight excluding hydrogens is 272 g/mol. The summed E-state index contributed by atoms with van der Waals surface area (Å²) < 4.78 is 27.2. The predicted octanol–water partition coefficient (Wildman–Crippen LogP) is 2.43. The summed E-state index contributed by atoms with van der Waals surface area (Å²) in [5.41, 5.74) is 2.13. The maximum atomic E-state index is 12.3. The second kappa shape index (κ2) is 7.76. The lowest BCUT2D eigenvalue weighted by atomic mass is 10.1. The van der Waals surface area contributed by atoms with Crippen molar-refractivity contribution in [2.45, 2.75) is 45.6 Å². The van der Waals surface area contributed by atoms with Crippen LogP contribution in [0.5, 0.6) is 0 Å². The minimum atomic E-state index is -3.41. The summed E-state index contributed by atoms with van der Waals surface area (Å²) >= 11 is 0. The van der Waals surface area contributed by atoms with Crippen LogP contribution >= 0.6 is 0 Å². The first-order valence-electron chi connectivity index (χ1n) is 7.20. The van der Waals surface area contributed by atoms with Crippen LogP contribution in [-0.4, -0.2) is 21.5 Å². The monoisotopic (exact) mass is 298 g/mol. The molecule has 0 saturated carbocycles. The van der Waals surface area contributed by atoms with Gasteiger partial charge in [0.25, 0.3) is 0 Å². The zero-order chi connectivity index (χ0) is 15.2. The Morgan fingerprint density at radius 3 is 2.55 bits per heavy atom. The third-order valence-corrected chi connectivity index (χ3v) is 4.94. The van der Waals surface area contributed by atoms with Crippen LogP contribution in [0.2, 0.25) is 0 Å². The molecule has 0 fully saturated rings. The number of hydrogen-bond acceptors (Lipinski definition) is 3. The Morgan fingerprint density at radius 2 is 1.95 bits per heavy atom. The molecule has 0 saturated heterocycles. The van der Waals surface area contributed by atoms with E-state index in [9.17, 15) is 8.42 Å². The maximum Gasteiger partial charge on any atom is 0.240 e. The molecule has 0 bridgehead atoms. The lowest BCUT2D eigenvalue weighted by molar-refractivity contribution is 0.528. The Balaban J connectivity index is 2.89. The highest BCUT2D eigenvalue weighted by Gasteiger charge is 2.15. The average molecular weight is 298 g/mol. The van der Waals surface area contributed by atoms with Gasteiger partial charge in [0.2, 0.25) is 10.0 Å². The highest BCUT2D eigenvalue weighted by atomic mass is 32.2. The van der Waals surface area contributed by atoms with E-state index in [1.165, 1.54) is 0 Å². The lowest BCUT2D eigenvalue weighted by Gasteiger charge is -2.13. The summed E-state index contributed by atoms with van der Waals surface area (Å²) in [6.45, 7) is 10.2. The van der Waals surface area contributed by atoms with E-state index in [0.717, 1.165) is 24.1 Å². The van der Waals surface area contributed by atoms with Crippen molar-refractivity contribution >= 4 is 10.0 Å². The zero-order valence-corrected chi connectivity index (χ0v) is 13.7. The van der Waals surface area contributed by atoms with Gasteiger partial charge >= 0.3 is 0 Å². The molecule has 0 amide bonds. The fourth-order valence-corrected chi connectivity index (χ4v) is 2.96. The van der Waals surface area contributed by atoms with Crippen LogP contribution < -0.4 is 10.0 Å². The molecule has 1 rings (SSSR count). The van der Waals surface area contributed by atoms with Gasteiger partial charge in [-0.15, -0.1) is 0 Å². The second-order valence-electron chi connectivity index (χ2n) is 5.23. The van der Waals surface area contributed by atoms with Gasteiger partial charge in [0.15, 0.2) is 0 Å². The van der Waals surface area contributed by atoms with E-state index in [1.54, 1.807) is 12.1 Å². The van der Waals surface area contributed by atoms with E-state index >= 15 is 0 Å². The summed E-state index contributed by atoms with van der Waals surface area (Å²) in [5, 5.41) is 3.23. The molecule has 1 aromatic carbocycles. The fraction of sp³-hybridized carbons (Fsp3) is 0.600. The Hall–Kier alpha value is -0.910. The molecule has 114 valence electrons. The van der Waals surface area contributed by atoms with Gasteiger partial charge in [-0.05, 0) is 42.6 Å². The van der Waals surface area contributed by atoms with Crippen LogP contribution in [0, 0.1) is 12.8 Å². The molecular formula is C15H26N2O2S. The SMILES string of the molecule is CCNCc1cc(S(=O)(=O)NCC(C)CC)ccc1C. The Morgan fingerprint density at radius 1 is 1.25 bits per heavy atom. The molecule has 0 spiro atoms. The van der Waals surface area contributed by atoms with Crippen molar-refractivity contribution in [1.29, 1.82) is 0 Å². The molecule has 0 aliphatic rings. The van der Waals surface area contributed by atoms with E-state index in [-0.39, 0.29) is 0 Å². The molecule has 5 heteroatoms. The van der Waals surface area contributed by atoms with Crippen LogP contribution in [-0.2, 0) is 16.6 Å². The Labute approximate surface area is 123 Å². The molecule has 2 N–H and O–H groups in total. The Kier molecular flexibility index (Phi) is 6.65. The standard InChI is InChI=1S/C15H26N2O2S/c1-5-12(3)10-17-20(18,19)15-8-7-13(4)14(9-15)11-16-6-2/h7-9,12,16-17H,5-6,10-11H2,1-4H3. The molecule has 1 aromatic rings. The number of rotatable bonds is 8. The van der Waals surface area contributed by atoms with Crippen molar-refractivity contribution in [2.24, 2.45) is 5.92 Å². The van der Waals surface area contributed by atoms with Crippen LogP contribution in [0.15, 0.2) is 23.1 Å². The topological polar surface area (TPSA) is 58.2 Å². The number of nitrogens with one attached hydrogen (secondary N) is 2. The third kappa shape index (κ3) is 4.89. The van der Waals surface area contributed by atoms with E-state index in [1.807, 2.05) is 26.8 Å². The number of hydrogen-bond donors (Lipinski definition) is 2. The summed E-state index contributed by atoms with van der Waals surface area (Å²) in [5.74, 6) is 0.344. The maximum absolute atomic E-state index is 12.3. The van der Waals surface area contributed by atoms with E-state index in [0.29, 0.717) is 23.9 Å². The molecule has 0 aliphatic heterocycles. The first-order valence-corrected chi connectivity index (χ1v) is 8.69. The van der Waals surface area contributed by atoms with Gasteiger partial charge < -0.3 is 5.32 Å². The first kappa shape index (κ1) is 17.1. The molecule has 1 atom stereocenters. The van der Waals surface area contributed by atoms with E-state index in [4.69, 9.17) is 0 Å². The molecule has 0 radical (unpaired) electrons. The van der Waals surface area contributed by atoms with Gasteiger partial charge in [0.1, 0.15) is 0 Å². The minimum absolute atomic E-state index is 0.344. The van der Waals surface area contributed by atoms with Crippen LogP contribution in [0.25, 0.3) is 0 Å². The molecule has 1 unspecified atom stereocenters. The van der Waals surface area contributed by atoms with Gasteiger partial charge in [-0.3, -0.25) is 0 Å². The smallest absolute Gasteiger partial charge is 0.240 e. The largest absolute Gasteiger partial charge is 0.313 e. The van der Waals surface area contributed by atoms with Crippen LogP contribution in [0.4, 0.5) is 0 Å². The van der Waals surface area contributed by atoms with Crippen LogP contribution in [0.1, 0.15) is 38.3 Å². The number of aryl methyl sites for hydroxylation is 1. The summed E-state index contributed by atoms with van der Waals surface area (Å²) in [7, 11) is -3.41. The van der Waals surface area contributed by atoms with Gasteiger partial charge in [0, 0.05) is 13.1 Å². The average Bonchev–Trinajstić information content (AvgIpc) is 2.43. The molecule has 4 nitrogen and oxygen atoms in total. The predicted molar refractivity (Wildman–Crippen MR) is 83.2 cm³/mol. The first-order chi connectivity index (χ1) is 9.40. The highest BCUT2D eigenvalue weighted by molar-refractivity contribution is 7.89. The van der Waals surface area contributed by atoms with Crippen molar-refractivity contribution in [1.82, 2.24) is 10.0 Å². The second-order valence-corrected chi connectivity index (χ2v) is 7.00. The quantitative estimate of drug-likeness (QED) is 0.775. The van der Waals surface area contributed by atoms with Gasteiger partial charge in [-0.2, -0.15) is 0 Å². The van der Waals surface area contributed by atoms with Crippen molar-refractivity contribution in [2.75, 3.05) is 13.1 Å². The van der Waals surface area contributed by atoms with Crippen molar-refractivity contribution in [3.63, 3.8) is 0 Å². The summed E-state index contributed by atoms with van der Waals surface area (Å²) in [6, 6.07) is 5.30. The number of benzene rings is 1. The third-order valence-electron chi connectivity index (χ3n) is 3.52. The Bertz CT molecular complexity index is 527. The molecule has 20 heavy (non-hydrogen) atoms. The highest BCUT2D eigenvalue weighted by Crippen LogP contribution is 2.16. The molecule has 0 aliphatic carbocycles. The minimum Gasteiger partial charge on any atom is -0.313 e. The fourth-order valence-electron chi connectivity index (χ4n) is 1.74. The zero-order valence-electron chi connectivity index (χ0n) is 12.9. The van der Waals surface area contributed by atoms with Gasteiger partial charge in [-0.1, -0.05) is 33.3 Å². The summed E-state index contributed by atoms with van der Waals surface area (Å²) in [4.78, 5) is 0.347. The van der Waals surface area contributed by atoms with E-state index in [2.05, 4.69) is 17.0 Å². The normalized spacial score (nSPS) is 13.4. The van der Waals surface area contributed by atoms with E-state index < -0.39 is 10.0 Å². The molecule has 0 heterocycles. The molecule has 0 aromatic heterocycles. The lowest BCUT2D eigenvalue weighted by Crippen LogP contribution is -2.28. The van der Waals surface area contributed by atoms with Gasteiger partial charge in [-0.25, -0.2) is 13.1 Å².